The molecule has 1 aromatic carbocycles. The first-order chi connectivity index (χ1) is 9.87. The van der Waals surface area contributed by atoms with E-state index in [1.54, 1.807) is 30.5 Å². The second kappa shape index (κ2) is 6.08. The molecule has 1 amide bonds. The summed E-state index contributed by atoms with van der Waals surface area (Å²) in [7, 11) is 0. The number of rotatable bonds is 4. The van der Waals surface area contributed by atoms with E-state index in [0.717, 1.165) is 6.42 Å². The van der Waals surface area contributed by atoms with Crippen molar-refractivity contribution in [2.75, 3.05) is 6.54 Å². The molecule has 0 radical (unpaired) electrons. The van der Waals surface area contributed by atoms with Gasteiger partial charge in [0.25, 0.3) is 5.91 Å². The lowest BCUT2D eigenvalue weighted by Crippen LogP contribution is -2.27. The molecule has 5 heteroatoms. The van der Waals surface area contributed by atoms with Gasteiger partial charge in [0.1, 0.15) is 11.5 Å². The lowest BCUT2D eigenvalue weighted by molar-refractivity contribution is 0.0944. The number of carbonyl (C=O) groups excluding carboxylic acids is 1. The zero-order valence-electron chi connectivity index (χ0n) is 12.6. The molecule has 2 rings (SSSR count). The van der Waals surface area contributed by atoms with Crippen LogP contribution in [0.3, 0.4) is 0 Å². The molecule has 0 unspecified atom stereocenters. The van der Waals surface area contributed by atoms with Crippen molar-refractivity contribution in [1.82, 2.24) is 15.1 Å². The molecule has 0 aliphatic carbocycles. The maximum Gasteiger partial charge on any atom is 0.271 e. The summed E-state index contributed by atoms with van der Waals surface area (Å²) in [5.74, 6) is -0.616. The van der Waals surface area contributed by atoms with Gasteiger partial charge in [-0.05, 0) is 30.0 Å². The van der Waals surface area contributed by atoms with Crippen LogP contribution >= 0.6 is 0 Å². The zero-order valence-corrected chi connectivity index (χ0v) is 12.6. The normalized spacial score (nSPS) is 11.4. The fourth-order valence-corrected chi connectivity index (χ4v) is 1.86. The van der Waals surface area contributed by atoms with Gasteiger partial charge in [-0.15, -0.1) is 0 Å². The number of nitrogens with one attached hydrogen (secondary N) is 1. The monoisotopic (exact) mass is 289 g/mol. The van der Waals surface area contributed by atoms with E-state index in [-0.39, 0.29) is 22.8 Å². The summed E-state index contributed by atoms with van der Waals surface area (Å²) in [5.41, 5.74) is 0.776. The molecule has 0 spiro atoms. The van der Waals surface area contributed by atoms with Gasteiger partial charge in [0.2, 0.25) is 0 Å². The van der Waals surface area contributed by atoms with Gasteiger partial charge in [0.15, 0.2) is 5.69 Å². The molecular weight excluding hydrogens is 269 g/mol. The van der Waals surface area contributed by atoms with Crippen molar-refractivity contribution in [2.24, 2.45) is 5.41 Å². The Morgan fingerprint density at radius 3 is 2.67 bits per heavy atom. The summed E-state index contributed by atoms with van der Waals surface area (Å²) < 4.78 is 15.0. The summed E-state index contributed by atoms with van der Waals surface area (Å²) in [6, 6.07) is 7.90. The Bertz CT molecular complexity index is 628. The largest absolute Gasteiger partial charge is 0.351 e. The fourth-order valence-electron chi connectivity index (χ4n) is 1.86. The highest BCUT2D eigenvalue weighted by Gasteiger charge is 2.14. The average Bonchev–Trinajstić information content (AvgIpc) is 2.87. The Balaban J connectivity index is 2.03. The first-order valence-corrected chi connectivity index (χ1v) is 6.95. The topological polar surface area (TPSA) is 46.9 Å². The molecule has 0 saturated carbocycles. The highest BCUT2D eigenvalue weighted by Crippen LogP contribution is 2.17. The van der Waals surface area contributed by atoms with E-state index in [0.29, 0.717) is 12.2 Å². The fraction of sp³-hybridized carbons (Fsp3) is 0.375. The van der Waals surface area contributed by atoms with Crippen molar-refractivity contribution in [2.45, 2.75) is 27.2 Å². The van der Waals surface area contributed by atoms with E-state index in [2.05, 4.69) is 31.2 Å². The second-order valence-electron chi connectivity index (χ2n) is 6.16. The van der Waals surface area contributed by atoms with Crippen molar-refractivity contribution in [1.29, 1.82) is 0 Å². The quantitative estimate of drug-likeness (QED) is 0.939. The van der Waals surface area contributed by atoms with Crippen molar-refractivity contribution in [3.05, 3.63) is 48.0 Å². The molecule has 0 atom stereocenters. The third-order valence-electron chi connectivity index (χ3n) is 3.08. The van der Waals surface area contributed by atoms with Gasteiger partial charge < -0.3 is 5.32 Å². The van der Waals surface area contributed by atoms with Gasteiger partial charge in [-0.2, -0.15) is 5.10 Å². The van der Waals surface area contributed by atoms with E-state index in [1.807, 2.05) is 0 Å². The first kappa shape index (κ1) is 15.2. The predicted octanol–water partition coefficient (Wildman–Crippen LogP) is 3.18. The average molecular weight is 289 g/mol. The molecule has 1 aromatic heterocycles. The molecule has 0 aliphatic heterocycles. The first-order valence-electron chi connectivity index (χ1n) is 6.95. The minimum atomic E-state index is -0.375. The number of benzene rings is 1. The van der Waals surface area contributed by atoms with E-state index in [1.165, 1.54) is 10.7 Å². The molecule has 2 aromatic rings. The Morgan fingerprint density at radius 1 is 1.29 bits per heavy atom. The van der Waals surface area contributed by atoms with Gasteiger partial charge in [0.05, 0.1) is 0 Å². The molecule has 0 aliphatic rings. The maximum absolute atomic E-state index is 13.7. The molecular formula is C16H20FN3O. The van der Waals surface area contributed by atoms with Crippen LogP contribution in [-0.4, -0.2) is 22.2 Å². The SMILES string of the molecule is CC(C)(C)CCNC(=O)c1ccn(-c2ccccc2F)n1. The van der Waals surface area contributed by atoms with Crippen LogP contribution < -0.4 is 5.32 Å². The van der Waals surface area contributed by atoms with Gasteiger partial charge >= 0.3 is 0 Å². The van der Waals surface area contributed by atoms with E-state index in [9.17, 15) is 9.18 Å². The Kier molecular flexibility index (Phi) is 4.40. The summed E-state index contributed by atoms with van der Waals surface area (Å²) >= 11 is 0. The Hall–Kier alpha value is -2.17. The molecule has 0 fully saturated rings. The zero-order chi connectivity index (χ0) is 15.5. The number of nitrogens with zero attached hydrogens (tertiary/aromatic N) is 2. The number of hydrogen-bond acceptors (Lipinski definition) is 2. The lowest BCUT2D eigenvalue weighted by atomic mass is 9.92. The summed E-state index contributed by atoms with van der Waals surface area (Å²) in [6.07, 6.45) is 2.46. The molecule has 1 heterocycles. The molecule has 1 N–H and O–H groups in total. The van der Waals surface area contributed by atoms with Gasteiger partial charge in [-0.1, -0.05) is 32.9 Å². The minimum Gasteiger partial charge on any atom is -0.351 e. The molecule has 4 nitrogen and oxygen atoms in total. The second-order valence-corrected chi connectivity index (χ2v) is 6.16. The highest BCUT2D eigenvalue weighted by atomic mass is 19.1. The number of amides is 1. The van der Waals surface area contributed by atoms with Crippen LogP contribution in [0.2, 0.25) is 0 Å². The van der Waals surface area contributed by atoms with Crippen molar-refractivity contribution in [3.63, 3.8) is 0 Å². The Morgan fingerprint density at radius 2 is 2.00 bits per heavy atom. The van der Waals surface area contributed by atoms with E-state index in [4.69, 9.17) is 0 Å². The number of para-hydroxylation sites is 1. The summed E-state index contributed by atoms with van der Waals surface area (Å²) in [5, 5.41) is 6.95. The van der Waals surface area contributed by atoms with Crippen molar-refractivity contribution >= 4 is 5.91 Å². The number of carbonyl (C=O) groups is 1. The molecule has 0 bridgehead atoms. The standard InChI is InChI=1S/C16H20FN3O/c1-16(2,3)9-10-18-15(21)13-8-11-20(19-13)14-7-5-4-6-12(14)17/h4-8,11H,9-10H2,1-3H3,(H,18,21). The van der Waals surface area contributed by atoms with Crippen LogP contribution in [0.4, 0.5) is 4.39 Å². The molecule has 0 saturated heterocycles. The summed E-state index contributed by atoms with van der Waals surface area (Å²) in [6.45, 7) is 6.94. The van der Waals surface area contributed by atoms with Gasteiger partial charge in [0, 0.05) is 12.7 Å². The maximum atomic E-state index is 13.7. The predicted molar refractivity (Wildman–Crippen MR) is 79.9 cm³/mol. The lowest BCUT2D eigenvalue weighted by Gasteiger charge is -2.17. The van der Waals surface area contributed by atoms with Crippen molar-refractivity contribution < 1.29 is 9.18 Å². The van der Waals surface area contributed by atoms with Gasteiger partial charge in [-0.25, -0.2) is 9.07 Å². The van der Waals surface area contributed by atoms with Crippen LogP contribution in [0.1, 0.15) is 37.7 Å². The summed E-state index contributed by atoms with van der Waals surface area (Å²) in [4.78, 5) is 12.0. The van der Waals surface area contributed by atoms with Crippen LogP contribution in [0, 0.1) is 11.2 Å². The third kappa shape index (κ3) is 4.15. The van der Waals surface area contributed by atoms with E-state index < -0.39 is 0 Å². The number of aromatic nitrogens is 2. The van der Waals surface area contributed by atoms with Crippen LogP contribution in [0.15, 0.2) is 36.5 Å². The van der Waals surface area contributed by atoms with E-state index >= 15 is 0 Å². The number of halogens is 1. The third-order valence-corrected chi connectivity index (χ3v) is 3.08. The van der Waals surface area contributed by atoms with Crippen LogP contribution in [0.5, 0.6) is 0 Å². The van der Waals surface area contributed by atoms with Crippen LogP contribution in [0.25, 0.3) is 5.69 Å². The highest BCUT2D eigenvalue weighted by molar-refractivity contribution is 5.92. The molecule has 112 valence electrons. The van der Waals surface area contributed by atoms with Gasteiger partial charge in [-0.3, -0.25) is 4.79 Å². The Labute approximate surface area is 124 Å². The smallest absolute Gasteiger partial charge is 0.271 e. The minimum absolute atomic E-state index is 0.166. The van der Waals surface area contributed by atoms with Crippen molar-refractivity contribution in [3.8, 4) is 5.69 Å². The number of hydrogen-bond donors (Lipinski definition) is 1. The molecule has 21 heavy (non-hydrogen) atoms. The van der Waals surface area contributed by atoms with Crippen LogP contribution in [-0.2, 0) is 0 Å².